The average Bonchev–Trinajstić information content (AvgIpc) is 2.37. The Bertz CT molecular complexity index is 598. The molecule has 1 aliphatic rings. The van der Waals surface area contributed by atoms with E-state index in [0.29, 0.717) is 29.0 Å². The van der Waals surface area contributed by atoms with E-state index in [1.807, 2.05) is 0 Å². The van der Waals surface area contributed by atoms with Crippen molar-refractivity contribution in [3.05, 3.63) is 35.4 Å². The molecule has 0 radical (unpaired) electrons. The van der Waals surface area contributed by atoms with Crippen LogP contribution in [-0.4, -0.2) is 10.2 Å². The molecule has 0 aliphatic carbocycles. The number of benzene rings is 2. The van der Waals surface area contributed by atoms with Crippen molar-refractivity contribution in [2.75, 3.05) is 11.5 Å². The zero-order valence-corrected chi connectivity index (χ0v) is 9.47. The van der Waals surface area contributed by atoms with Gasteiger partial charge < -0.3 is 26.4 Å². The molecule has 1 aliphatic heterocycles. The first-order valence-electron chi connectivity index (χ1n) is 5.46. The van der Waals surface area contributed by atoms with E-state index in [4.69, 9.17) is 16.2 Å². The van der Waals surface area contributed by atoms with Crippen LogP contribution in [0.5, 0.6) is 23.0 Å². The number of nitrogens with two attached hydrogens (primary N) is 2. The molecule has 0 saturated carbocycles. The van der Waals surface area contributed by atoms with Gasteiger partial charge in [-0.25, -0.2) is 0 Å². The third-order valence-corrected chi connectivity index (χ3v) is 3.12. The molecule has 3 rings (SSSR count). The number of fused-ring (bicyclic) bond motifs is 2. The third-order valence-electron chi connectivity index (χ3n) is 3.12. The first-order valence-corrected chi connectivity index (χ1v) is 5.46. The predicted molar refractivity (Wildman–Crippen MR) is 67.9 cm³/mol. The molecule has 0 saturated heterocycles. The smallest absolute Gasteiger partial charge is 0.145 e. The van der Waals surface area contributed by atoms with Gasteiger partial charge in [-0.1, -0.05) is 0 Å². The maximum atomic E-state index is 9.91. The van der Waals surface area contributed by atoms with Crippen molar-refractivity contribution in [2.45, 2.75) is 6.42 Å². The van der Waals surface area contributed by atoms with Crippen LogP contribution in [0, 0.1) is 0 Å². The van der Waals surface area contributed by atoms with Gasteiger partial charge in [0.05, 0.1) is 11.4 Å². The van der Waals surface area contributed by atoms with Gasteiger partial charge in [0.1, 0.15) is 23.0 Å². The molecule has 0 aromatic heterocycles. The molecule has 18 heavy (non-hydrogen) atoms. The Hall–Kier alpha value is -2.56. The number of hydrogen-bond acceptors (Lipinski definition) is 5. The number of nitrogen functional groups attached to an aromatic ring is 2. The van der Waals surface area contributed by atoms with Gasteiger partial charge in [0.15, 0.2) is 0 Å². The minimum Gasteiger partial charge on any atom is -0.505 e. The molecule has 2 aromatic carbocycles. The van der Waals surface area contributed by atoms with Crippen molar-refractivity contribution >= 4 is 11.4 Å². The number of ether oxygens (including phenoxy) is 1. The molecule has 2 aromatic rings. The number of anilines is 2. The first-order chi connectivity index (χ1) is 8.58. The lowest BCUT2D eigenvalue weighted by molar-refractivity contribution is 0.419. The van der Waals surface area contributed by atoms with Crippen LogP contribution in [0.15, 0.2) is 24.3 Å². The van der Waals surface area contributed by atoms with E-state index in [1.54, 1.807) is 24.3 Å². The zero-order valence-electron chi connectivity index (χ0n) is 9.47. The summed E-state index contributed by atoms with van der Waals surface area (Å²) in [5, 5.41) is 19.8. The van der Waals surface area contributed by atoms with Crippen molar-refractivity contribution in [1.29, 1.82) is 0 Å². The average molecular weight is 244 g/mol. The van der Waals surface area contributed by atoms with Gasteiger partial charge in [-0.05, 0) is 24.3 Å². The fourth-order valence-electron chi connectivity index (χ4n) is 2.10. The second kappa shape index (κ2) is 3.46. The number of phenols is 2. The second-order valence-electron chi connectivity index (χ2n) is 4.24. The second-order valence-corrected chi connectivity index (χ2v) is 4.24. The maximum absolute atomic E-state index is 9.91. The lowest BCUT2D eigenvalue weighted by atomic mass is 9.97. The molecular formula is C13H12N2O3. The Kier molecular flexibility index (Phi) is 2.04. The molecule has 0 atom stereocenters. The van der Waals surface area contributed by atoms with E-state index in [-0.39, 0.29) is 22.9 Å². The number of phenolic OH excluding ortho intramolecular Hbond substituents is 2. The normalized spacial score (nSPS) is 12.4. The molecule has 1 heterocycles. The third kappa shape index (κ3) is 1.34. The summed E-state index contributed by atoms with van der Waals surface area (Å²) in [7, 11) is 0. The van der Waals surface area contributed by atoms with Gasteiger partial charge in [-0.3, -0.25) is 0 Å². The summed E-state index contributed by atoms with van der Waals surface area (Å²) in [6, 6.07) is 6.55. The van der Waals surface area contributed by atoms with Crippen molar-refractivity contribution in [1.82, 2.24) is 0 Å². The van der Waals surface area contributed by atoms with Gasteiger partial charge in [-0.15, -0.1) is 0 Å². The van der Waals surface area contributed by atoms with Gasteiger partial charge >= 0.3 is 0 Å². The van der Waals surface area contributed by atoms with Gasteiger partial charge in [-0.2, -0.15) is 0 Å². The Morgan fingerprint density at radius 1 is 0.833 bits per heavy atom. The monoisotopic (exact) mass is 244 g/mol. The number of rotatable bonds is 0. The Morgan fingerprint density at radius 3 is 1.72 bits per heavy atom. The minimum atomic E-state index is -0.0139. The molecule has 92 valence electrons. The highest BCUT2D eigenvalue weighted by Crippen LogP contribution is 2.46. The van der Waals surface area contributed by atoms with Crippen LogP contribution in [0.1, 0.15) is 11.1 Å². The van der Waals surface area contributed by atoms with E-state index >= 15 is 0 Å². The summed E-state index contributed by atoms with van der Waals surface area (Å²) >= 11 is 0. The molecule has 0 bridgehead atoms. The summed E-state index contributed by atoms with van der Waals surface area (Å²) in [6.07, 6.45) is 0.332. The van der Waals surface area contributed by atoms with Crippen LogP contribution in [-0.2, 0) is 6.42 Å². The van der Waals surface area contributed by atoms with Gasteiger partial charge in [0.25, 0.3) is 0 Å². The van der Waals surface area contributed by atoms with Crippen LogP contribution < -0.4 is 16.2 Å². The number of aromatic hydroxyl groups is 2. The summed E-state index contributed by atoms with van der Waals surface area (Å²) in [6.45, 7) is 0. The molecule has 0 spiro atoms. The van der Waals surface area contributed by atoms with Crippen molar-refractivity contribution in [2.24, 2.45) is 0 Å². The van der Waals surface area contributed by atoms with Crippen LogP contribution in [0.4, 0.5) is 11.4 Å². The maximum Gasteiger partial charge on any atom is 0.145 e. The summed E-state index contributed by atoms with van der Waals surface area (Å²) < 4.78 is 5.62. The van der Waals surface area contributed by atoms with Crippen molar-refractivity contribution in [3.8, 4) is 23.0 Å². The molecule has 0 unspecified atom stereocenters. The lowest BCUT2D eigenvalue weighted by Crippen LogP contribution is -2.05. The molecule has 0 amide bonds. The molecule has 5 nitrogen and oxygen atoms in total. The lowest BCUT2D eigenvalue weighted by Gasteiger charge is -2.22. The van der Waals surface area contributed by atoms with Crippen LogP contribution in [0.3, 0.4) is 0 Å². The predicted octanol–water partition coefficient (Wildman–Crippen LogP) is 1.96. The SMILES string of the molecule is Nc1ccc2c(c1O)Cc1c(ccc(N)c1O)O2. The van der Waals surface area contributed by atoms with E-state index in [9.17, 15) is 10.2 Å². The fourth-order valence-corrected chi connectivity index (χ4v) is 2.10. The zero-order chi connectivity index (χ0) is 12.9. The summed E-state index contributed by atoms with van der Waals surface area (Å²) in [5.41, 5.74) is 13.0. The summed E-state index contributed by atoms with van der Waals surface area (Å²) in [4.78, 5) is 0. The minimum absolute atomic E-state index is 0.0139. The Balaban J connectivity index is 2.19. The van der Waals surface area contributed by atoms with E-state index in [0.717, 1.165) is 0 Å². The Labute approximate surface area is 103 Å². The molecule has 5 heteroatoms. The van der Waals surface area contributed by atoms with Crippen LogP contribution in [0.25, 0.3) is 0 Å². The summed E-state index contributed by atoms with van der Waals surface area (Å²) in [5.74, 6) is 1.05. The fraction of sp³-hybridized carbons (Fsp3) is 0.0769. The van der Waals surface area contributed by atoms with Gasteiger partial charge in [0.2, 0.25) is 0 Å². The van der Waals surface area contributed by atoms with Crippen LogP contribution >= 0.6 is 0 Å². The largest absolute Gasteiger partial charge is 0.505 e. The van der Waals surface area contributed by atoms with E-state index in [1.165, 1.54) is 0 Å². The Morgan fingerprint density at radius 2 is 1.28 bits per heavy atom. The highest BCUT2D eigenvalue weighted by atomic mass is 16.5. The highest BCUT2D eigenvalue weighted by molar-refractivity contribution is 5.69. The quantitative estimate of drug-likeness (QED) is 0.357. The van der Waals surface area contributed by atoms with E-state index in [2.05, 4.69) is 0 Å². The topological polar surface area (TPSA) is 102 Å². The molecule has 6 N–H and O–H groups in total. The molecular weight excluding hydrogens is 232 g/mol. The first kappa shape index (κ1) is 10.6. The van der Waals surface area contributed by atoms with Crippen LogP contribution in [0.2, 0.25) is 0 Å². The van der Waals surface area contributed by atoms with Gasteiger partial charge in [0, 0.05) is 17.5 Å². The standard InChI is InChI=1S/C13H12N2O3/c14-8-1-3-10-6(12(8)16)5-7-11(18-10)4-2-9(15)13(7)17/h1-4,16-17H,5,14-15H2. The van der Waals surface area contributed by atoms with Crippen molar-refractivity contribution < 1.29 is 14.9 Å². The van der Waals surface area contributed by atoms with Crippen molar-refractivity contribution in [3.63, 3.8) is 0 Å². The van der Waals surface area contributed by atoms with E-state index < -0.39 is 0 Å². The number of hydrogen-bond donors (Lipinski definition) is 4. The molecule has 0 fully saturated rings. The highest BCUT2D eigenvalue weighted by Gasteiger charge is 2.24.